The van der Waals surface area contributed by atoms with Gasteiger partial charge in [0.25, 0.3) is 0 Å². The topological polar surface area (TPSA) is 96.9 Å². The summed E-state index contributed by atoms with van der Waals surface area (Å²) in [7, 11) is 0. The second-order valence-electron chi connectivity index (χ2n) is 8.87. The number of rotatable bonds is 9. The number of likely N-dealkylation sites (tertiary alicyclic amines) is 1. The van der Waals surface area contributed by atoms with Crippen LogP contribution >= 0.6 is 0 Å². The van der Waals surface area contributed by atoms with E-state index in [1.165, 1.54) is 31.4 Å². The Balaban J connectivity index is 1.34. The van der Waals surface area contributed by atoms with Crippen LogP contribution in [0.2, 0.25) is 0 Å². The number of nitrogens with zero attached hydrogens (tertiary/aromatic N) is 5. The van der Waals surface area contributed by atoms with E-state index in [0.29, 0.717) is 40.7 Å². The van der Waals surface area contributed by atoms with Gasteiger partial charge in [-0.15, -0.1) is 10.2 Å². The molecule has 0 unspecified atom stereocenters. The van der Waals surface area contributed by atoms with Gasteiger partial charge in [0.15, 0.2) is 5.78 Å². The standard InChI is InChI=1S/C27H27FN6O2/c28-21-8-12-23(13-9-21)36-22-10-6-19(7-11-22)24-17-20(27-30-32-33-31-27)18-25(29-24)26(35)5-4-16-34-14-2-1-3-15-34/h6-13,17-18H,1-5,14-16H2,(H,30,31,32,33). The Morgan fingerprint density at radius 2 is 1.67 bits per heavy atom. The molecule has 1 aliphatic heterocycles. The van der Waals surface area contributed by atoms with Gasteiger partial charge in [-0.25, -0.2) is 9.37 Å². The fraction of sp³-hybridized carbons (Fsp3) is 0.296. The Bertz CT molecular complexity index is 1290. The molecule has 3 heterocycles. The predicted octanol–water partition coefficient (Wildman–Crippen LogP) is 5.31. The van der Waals surface area contributed by atoms with Crippen molar-refractivity contribution in [2.45, 2.75) is 32.1 Å². The van der Waals surface area contributed by atoms with Crippen LogP contribution in [0.3, 0.4) is 0 Å². The van der Waals surface area contributed by atoms with Crippen molar-refractivity contribution in [2.75, 3.05) is 19.6 Å². The van der Waals surface area contributed by atoms with Gasteiger partial charge >= 0.3 is 0 Å². The number of Topliss-reactive ketones (excluding diaryl/α,β-unsaturated/α-hetero) is 1. The van der Waals surface area contributed by atoms with Gasteiger partial charge in [-0.3, -0.25) is 4.79 Å². The van der Waals surface area contributed by atoms with Gasteiger partial charge in [-0.05, 0) is 105 Å². The molecule has 0 atom stereocenters. The molecular weight excluding hydrogens is 459 g/mol. The maximum atomic E-state index is 13.1. The van der Waals surface area contributed by atoms with E-state index in [-0.39, 0.29) is 11.6 Å². The molecule has 4 aromatic rings. The molecule has 1 N–H and O–H groups in total. The van der Waals surface area contributed by atoms with Crippen LogP contribution in [0.4, 0.5) is 4.39 Å². The summed E-state index contributed by atoms with van der Waals surface area (Å²) in [5.74, 6) is 1.22. The molecule has 1 saturated heterocycles. The van der Waals surface area contributed by atoms with Crippen molar-refractivity contribution in [3.63, 3.8) is 0 Å². The number of carbonyl (C=O) groups is 1. The molecule has 9 heteroatoms. The van der Waals surface area contributed by atoms with Crippen LogP contribution in [-0.2, 0) is 0 Å². The highest BCUT2D eigenvalue weighted by atomic mass is 19.1. The lowest BCUT2D eigenvalue weighted by Crippen LogP contribution is -2.30. The molecule has 2 aromatic heterocycles. The summed E-state index contributed by atoms with van der Waals surface area (Å²) >= 11 is 0. The van der Waals surface area contributed by atoms with Crippen molar-refractivity contribution in [1.82, 2.24) is 30.5 Å². The van der Waals surface area contributed by atoms with E-state index < -0.39 is 0 Å². The molecule has 0 aliphatic carbocycles. The van der Waals surface area contributed by atoms with E-state index in [9.17, 15) is 9.18 Å². The molecule has 0 bridgehead atoms. The van der Waals surface area contributed by atoms with Crippen LogP contribution in [0.5, 0.6) is 11.5 Å². The highest BCUT2D eigenvalue weighted by Gasteiger charge is 2.16. The molecule has 2 aromatic carbocycles. The maximum absolute atomic E-state index is 13.1. The van der Waals surface area contributed by atoms with Crippen LogP contribution in [-0.4, -0.2) is 55.9 Å². The summed E-state index contributed by atoms with van der Waals surface area (Å²) < 4.78 is 18.9. The number of benzene rings is 2. The smallest absolute Gasteiger partial charge is 0.204 e. The summed E-state index contributed by atoms with van der Waals surface area (Å²) in [6, 6.07) is 16.8. The van der Waals surface area contributed by atoms with Crippen LogP contribution in [0.1, 0.15) is 42.6 Å². The van der Waals surface area contributed by atoms with Gasteiger partial charge < -0.3 is 9.64 Å². The summed E-state index contributed by atoms with van der Waals surface area (Å²) in [6.45, 7) is 3.16. The van der Waals surface area contributed by atoms with Gasteiger partial charge in [-0.1, -0.05) is 6.42 Å². The predicted molar refractivity (Wildman–Crippen MR) is 133 cm³/mol. The zero-order chi connectivity index (χ0) is 24.7. The van der Waals surface area contributed by atoms with Gasteiger partial charge in [0.05, 0.1) is 5.69 Å². The Labute approximate surface area is 208 Å². The van der Waals surface area contributed by atoms with Crippen molar-refractivity contribution in [2.24, 2.45) is 0 Å². The minimum Gasteiger partial charge on any atom is -0.457 e. The number of tetrazole rings is 1. The van der Waals surface area contributed by atoms with Crippen molar-refractivity contribution in [3.05, 3.63) is 72.2 Å². The summed E-state index contributed by atoms with van der Waals surface area (Å²) in [5.41, 5.74) is 2.50. The first kappa shape index (κ1) is 23.7. The number of hydrogen-bond acceptors (Lipinski definition) is 7. The number of carbonyl (C=O) groups excluding carboxylic acids is 1. The largest absolute Gasteiger partial charge is 0.457 e. The molecule has 0 amide bonds. The van der Waals surface area contributed by atoms with Crippen molar-refractivity contribution in [1.29, 1.82) is 0 Å². The van der Waals surface area contributed by atoms with E-state index in [1.807, 2.05) is 30.3 Å². The van der Waals surface area contributed by atoms with Crippen LogP contribution < -0.4 is 4.74 Å². The van der Waals surface area contributed by atoms with E-state index >= 15 is 0 Å². The number of nitrogens with one attached hydrogen (secondary N) is 1. The molecule has 36 heavy (non-hydrogen) atoms. The molecular formula is C27H27FN6O2. The summed E-state index contributed by atoms with van der Waals surface area (Å²) in [5, 5.41) is 14.3. The molecule has 0 saturated carbocycles. The van der Waals surface area contributed by atoms with Gasteiger partial charge in [0.2, 0.25) is 5.82 Å². The quantitative estimate of drug-likeness (QED) is 0.320. The number of ether oxygens (including phenoxy) is 1. The second-order valence-corrected chi connectivity index (χ2v) is 8.87. The minimum atomic E-state index is -0.317. The molecule has 0 radical (unpaired) electrons. The third-order valence-electron chi connectivity index (χ3n) is 6.24. The Morgan fingerprint density at radius 3 is 2.36 bits per heavy atom. The Hall–Kier alpha value is -3.98. The van der Waals surface area contributed by atoms with E-state index in [1.54, 1.807) is 18.2 Å². The molecule has 1 fully saturated rings. The maximum Gasteiger partial charge on any atom is 0.204 e. The van der Waals surface area contributed by atoms with E-state index in [0.717, 1.165) is 31.6 Å². The lowest BCUT2D eigenvalue weighted by molar-refractivity contribution is 0.0968. The van der Waals surface area contributed by atoms with Gasteiger partial charge in [-0.2, -0.15) is 5.21 Å². The number of aromatic amines is 1. The molecule has 5 rings (SSSR count). The second kappa shape index (κ2) is 11.2. The number of piperidine rings is 1. The van der Waals surface area contributed by atoms with E-state index in [2.05, 4.69) is 30.5 Å². The zero-order valence-electron chi connectivity index (χ0n) is 19.9. The zero-order valence-corrected chi connectivity index (χ0v) is 19.9. The Morgan fingerprint density at radius 1 is 0.944 bits per heavy atom. The number of aromatic nitrogens is 5. The van der Waals surface area contributed by atoms with Crippen molar-refractivity contribution >= 4 is 5.78 Å². The number of H-pyrrole nitrogens is 1. The molecule has 0 spiro atoms. The first-order valence-corrected chi connectivity index (χ1v) is 12.2. The fourth-order valence-electron chi connectivity index (χ4n) is 4.34. The van der Waals surface area contributed by atoms with Crippen molar-refractivity contribution in [3.8, 4) is 34.1 Å². The SMILES string of the molecule is O=C(CCCN1CCCCC1)c1cc(-c2nn[nH]n2)cc(-c2ccc(Oc3ccc(F)cc3)cc2)n1. The molecule has 184 valence electrons. The summed E-state index contributed by atoms with van der Waals surface area (Å²) in [6.07, 6.45) is 5.00. The van der Waals surface area contributed by atoms with Gasteiger partial charge in [0.1, 0.15) is 23.0 Å². The van der Waals surface area contributed by atoms with Crippen LogP contribution in [0.15, 0.2) is 60.7 Å². The Kier molecular flexibility index (Phi) is 7.37. The number of halogens is 1. The van der Waals surface area contributed by atoms with Crippen LogP contribution in [0, 0.1) is 5.82 Å². The third-order valence-corrected chi connectivity index (χ3v) is 6.24. The van der Waals surface area contributed by atoms with Gasteiger partial charge in [0, 0.05) is 17.5 Å². The van der Waals surface area contributed by atoms with Crippen molar-refractivity contribution < 1.29 is 13.9 Å². The minimum absolute atomic E-state index is 0.00475. The first-order valence-electron chi connectivity index (χ1n) is 12.2. The van der Waals surface area contributed by atoms with E-state index in [4.69, 9.17) is 4.74 Å². The first-order chi connectivity index (χ1) is 17.6. The highest BCUT2D eigenvalue weighted by Crippen LogP contribution is 2.28. The number of ketones is 1. The number of hydrogen-bond donors (Lipinski definition) is 1. The average Bonchev–Trinajstić information content (AvgIpc) is 3.46. The molecule has 8 nitrogen and oxygen atoms in total. The normalized spacial score (nSPS) is 14.0. The molecule has 1 aliphatic rings. The lowest BCUT2D eigenvalue weighted by Gasteiger charge is -2.26. The lowest BCUT2D eigenvalue weighted by atomic mass is 10.0. The number of pyridine rings is 1. The third kappa shape index (κ3) is 5.98. The monoisotopic (exact) mass is 486 g/mol. The van der Waals surface area contributed by atoms with Crippen LogP contribution in [0.25, 0.3) is 22.6 Å². The highest BCUT2D eigenvalue weighted by molar-refractivity contribution is 5.96. The average molecular weight is 487 g/mol. The summed E-state index contributed by atoms with van der Waals surface area (Å²) in [4.78, 5) is 20.2. The fourth-order valence-corrected chi connectivity index (χ4v) is 4.34.